The molecule has 0 radical (unpaired) electrons. The molecule has 1 saturated carbocycles. The molecule has 0 unspecified atom stereocenters. The molecule has 0 aromatic heterocycles. The van der Waals surface area contributed by atoms with E-state index >= 15 is 0 Å². The number of rotatable bonds is 2. The average Bonchev–Trinajstić information content (AvgIpc) is 2.88. The summed E-state index contributed by atoms with van der Waals surface area (Å²) in [5, 5.41) is 9.39. The summed E-state index contributed by atoms with van der Waals surface area (Å²) in [7, 11) is 0. The van der Waals surface area contributed by atoms with Crippen molar-refractivity contribution in [2.24, 2.45) is 5.92 Å². The Balaban J connectivity index is 1.97. The van der Waals surface area contributed by atoms with Crippen LogP contribution in [0.3, 0.4) is 0 Å². The number of amides is 1. The van der Waals surface area contributed by atoms with E-state index in [1.54, 1.807) is 0 Å². The topological polar surface area (TPSA) is 57.6 Å². The molecule has 1 saturated heterocycles. The Morgan fingerprint density at radius 1 is 1.18 bits per heavy atom. The molecule has 3 rings (SSSR count). The van der Waals surface area contributed by atoms with Crippen molar-refractivity contribution in [1.82, 2.24) is 4.90 Å². The number of carbonyl (C=O) groups is 2. The highest BCUT2D eigenvalue weighted by Crippen LogP contribution is 2.40. The van der Waals surface area contributed by atoms with E-state index in [9.17, 15) is 23.5 Å². The van der Waals surface area contributed by atoms with E-state index in [0.29, 0.717) is 6.42 Å². The Bertz CT molecular complexity index is 619. The monoisotopic (exact) mass is 309 g/mol. The van der Waals surface area contributed by atoms with E-state index in [0.717, 1.165) is 43.9 Å². The summed E-state index contributed by atoms with van der Waals surface area (Å²) in [5.74, 6) is -3.21. The summed E-state index contributed by atoms with van der Waals surface area (Å²) in [6.07, 6.45) is 3.93. The van der Waals surface area contributed by atoms with E-state index in [2.05, 4.69) is 0 Å². The average molecular weight is 309 g/mol. The van der Waals surface area contributed by atoms with Crippen molar-refractivity contribution in [2.75, 3.05) is 0 Å². The van der Waals surface area contributed by atoms with Crippen LogP contribution in [0.4, 0.5) is 8.78 Å². The molecule has 0 bridgehead atoms. The van der Waals surface area contributed by atoms with Gasteiger partial charge in [-0.15, -0.1) is 0 Å². The van der Waals surface area contributed by atoms with Gasteiger partial charge < -0.3 is 10.0 Å². The number of fused-ring (bicyclic) bond motifs is 1. The van der Waals surface area contributed by atoms with E-state index in [-0.39, 0.29) is 12.0 Å². The van der Waals surface area contributed by atoms with Crippen molar-refractivity contribution in [3.63, 3.8) is 0 Å². The highest BCUT2D eigenvalue weighted by Gasteiger charge is 2.48. The lowest BCUT2D eigenvalue weighted by molar-refractivity contribution is -0.141. The number of benzene rings is 1. The predicted octanol–water partition coefficient (Wildman–Crippen LogP) is 2.82. The first kappa shape index (κ1) is 14.9. The molecule has 1 heterocycles. The Morgan fingerprint density at radius 2 is 1.91 bits per heavy atom. The minimum absolute atomic E-state index is 0.135. The largest absolute Gasteiger partial charge is 0.480 e. The van der Waals surface area contributed by atoms with Crippen LogP contribution >= 0.6 is 0 Å². The summed E-state index contributed by atoms with van der Waals surface area (Å²) in [6.45, 7) is 0. The second kappa shape index (κ2) is 5.66. The van der Waals surface area contributed by atoms with E-state index < -0.39 is 35.1 Å². The zero-order valence-electron chi connectivity index (χ0n) is 12.0. The van der Waals surface area contributed by atoms with Gasteiger partial charge in [0.15, 0.2) is 0 Å². The van der Waals surface area contributed by atoms with Crippen molar-refractivity contribution in [3.05, 3.63) is 35.4 Å². The van der Waals surface area contributed by atoms with Gasteiger partial charge in [0.05, 0.1) is 5.56 Å². The molecule has 2 aliphatic rings. The molecule has 3 atom stereocenters. The number of carbonyl (C=O) groups excluding carboxylic acids is 1. The molecule has 0 spiro atoms. The number of nitrogens with zero attached hydrogens (tertiary/aromatic N) is 1. The van der Waals surface area contributed by atoms with Crippen LogP contribution in [0.15, 0.2) is 18.2 Å². The molecular weight excluding hydrogens is 292 g/mol. The molecule has 1 amide bonds. The molecule has 118 valence electrons. The van der Waals surface area contributed by atoms with Gasteiger partial charge in [0.1, 0.15) is 17.7 Å². The molecule has 4 nitrogen and oxygen atoms in total. The Hall–Kier alpha value is -1.98. The lowest BCUT2D eigenvalue weighted by Crippen LogP contribution is -2.46. The molecule has 22 heavy (non-hydrogen) atoms. The lowest BCUT2D eigenvalue weighted by atomic mass is 9.84. The molecule has 1 aromatic rings. The number of carboxylic acid groups (broad SMARTS) is 1. The normalized spacial score (nSPS) is 27.5. The first-order valence-corrected chi connectivity index (χ1v) is 7.49. The van der Waals surface area contributed by atoms with E-state index in [1.807, 2.05) is 0 Å². The number of hydrogen-bond donors (Lipinski definition) is 1. The van der Waals surface area contributed by atoms with Crippen molar-refractivity contribution < 1.29 is 23.5 Å². The van der Waals surface area contributed by atoms with Gasteiger partial charge >= 0.3 is 5.97 Å². The maximum absolute atomic E-state index is 13.9. The smallest absolute Gasteiger partial charge is 0.326 e. The van der Waals surface area contributed by atoms with Gasteiger partial charge in [-0.3, -0.25) is 4.79 Å². The highest BCUT2D eigenvalue weighted by molar-refractivity contribution is 5.97. The number of likely N-dealkylation sites (tertiary alicyclic amines) is 1. The van der Waals surface area contributed by atoms with Gasteiger partial charge in [-0.05, 0) is 43.4 Å². The first-order chi connectivity index (χ1) is 10.5. The fourth-order valence-electron chi connectivity index (χ4n) is 3.77. The van der Waals surface area contributed by atoms with Crippen molar-refractivity contribution in [2.45, 2.75) is 44.2 Å². The number of carboxylic acids is 1. The molecule has 1 aliphatic carbocycles. The Kier molecular flexibility index (Phi) is 3.85. The van der Waals surface area contributed by atoms with Gasteiger partial charge in [-0.1, -0.05) is 12.8 Å². The fourth-order valence-corrected chi connectivity index (χ4v) is 3.77. The number of hydrogen-bond acceptors (Lipinski definition) is 2. The standard InChI is InChI=1S/C16H17F2NO3/c17-10-5-6-12(18)11(8-10)15(20)19-13-4-2-1-3-9(13)7-14(19)16(21)22/h5-6,8-9,13-14H,1-4,7H2,(H,21,22)/t9-,13+,14-/m0/s1. The van der Waals surface area contributed by atoms with Gasteiger partial charge in [0.25, 0.3) is 5.91 Å². The van der Waals surface area contributed by atoms with Crippen LogP contribution in [-0.2, 0) is 4.79 Å². The molecule has 6 heteroatoms. The SMILES string of the molecule is O=C(O)[C@@H]1C[C@@H]2CCCC[C@H]2N1C(=O)c1cc(F)ccc1F. The summed E-state index contributed by atoms with van der Waals surface area (Å²) in [4.78, 5) is 25.4. The van der Waals surface area contributed by atoms with Gasteiger partial charge in [-0.25, -0.2) is 13.6 Å². The van der Waals surface area contributed by atoms with Crippen molar-refractivity contribution in [3.8, 4) is 0 Å². The van der Waals surface area contributed by atoms with Gasteiger partial charge in [-0.2, -0.15) is 0 Å². The Labute approximate surface area is 126 Å². The van der Waals surface area contributed by atoms with Gasteiger partial charge in [0, 0.05) is 6.04 Å². The fraction of sp³-hybridized carbons (Fsp3) is 0.500. The van der Waals surface area contributed by atoms with Crippen LogP contribution in [0.1, 0.15) is 42.5 Å². The van der Waals surface area contributed by atoms with Crippen molar-refractivity contribution in [1.29, 1.82) is 0 Å². The molecule has 1 aromatic carbocycles. The molecular formula is C16H17F2NO3. The summed E-state index contributed by atoms with van der Waals surface area (Å²) < 4.78 is 27.2. The third-order valence-electron chi connectivity index (χ3n) is 4.77. The third kappa shape index (κ3) is 2.46. The number of halogens is 2. The van der Waals surface area contributed by atoms with E-state index in [4.69, 9.17) is 0 Å². The van der Waals surface area contributed by atoms with Crippen LogP contribution in [0.25, 0.3) is 0 Å². The maximum atomic E-state index is 13.9. The third-order valence-corrected chi connectivity index (χ3v) is 4.77. The lowest BCUT2D eigenvalue weighted by Gasteiger charge is -2.33. The predicted molar refractivity (Wildman–Crippen MR) is 74.3 cm³/mol. The van der Waals surface area contributed by atoms with Crippen LogP contribution in [0.5, 0.6) is 0 Å². The minimum Gasteiger partial charge on any atom is -0.480 e. The molecule has 1 N–H and O–H groups in total. The summed E-state index contributed by atoms with van der Waals surface area (Å²) >= 11 is 0. The van der Waals surface area contributed by atoms with Crippen LogP contribution in [-0.4, -0.2) is 34.0 Å². The zero-order valence-corrected chi connectivity index (χ0v) is 12.0. The summed E-state index contributed by atoms with van der Waals surface area (Å²) in [6, 6.07) is 1.53. The summed E-state index contributed by atoms with van der Waals surface area (Å²) in [5.41, 5.74) is -0.391. The van der Waals surface area contributed by atoms with Crippen LogP contribution < -0.4 is 0 Å². The first-order valence-electron chi connectivity index (χ1n) is 7.49. The molecule has 1 aliphatic heterocycles. The van der Waals surface area contributed by atoms with Crippen molar-refractivity contribution >= 4 is 11.9 Å². The second-order valence-electron chi connectivity index (χ2n) is 6.04. The maximum Gasteiger partial charge on any atom is 0.326 e. The number of aliphatic carboxylic acids is 1. The Morgan fingerprint density at radius 3 is 2.64 bits per heavy atom. The van der Waals surface area contributed by atoms with Crippen LogP contribution in [0, 0.1) is 17.6 Å². The van der Waals surface area contributed by atoms with E-state index in [1.165, 1.54) is 4.90 Å². The zero-order chi connectivity index (χ0) is 15.9. The quantitative estimate of drug-likeness (QED) is 0.914. The minimum atomic E-state index is -1.08. The molecule has 2 fully saturated rings. The second-order valence-corrected chi connectivity index (χ2v) is 6.04. The highest BCUT2D eigenvalue weighted by atomic mass is 19.1. The van der Waals surface area contributed by atoms with Gasteiger partial charge in [0.2, 0.25) is 0 Å². The van der Waals surface area contributed by atoms with Crippen LogP contribution in [0.2, 0.25) is 0 Å².